The zero-order valence-corrected chi connectivity index (χ0v) is 23.0. The van der Waals surface area contributed by atoms with Crippen molar-refractivity contribution in [1.82, 2.24) is 9.66 Å². The molecule has 0 fully saturated rings. The minimum atomic E-state index is -0.431. The molecule has 35 heavy (non-hydrogen) atoms. The van der Waals surface area contributed by atoms with Crippen LogP contribution in [0.1, 0.15) is 37.7 Å². The molecule has 0 unspecified atom stereocenters. The highest BCUT2D eigenvalue weighted by Crippen LogP contribution is 2.27. The third-order valence-electron chi connectivity index (χ3n) is 5.14. The van der Waals surface area contributed by atoms with Gasteiger partial charge in [-0.15, -0.1) is 0 Å². The zero-order valence-electron chi connectivity index (χ0n) is 19.2. The summed E-state index contributed by atoms with van der Waals surface area (Å²) in [6.45, 7) is 6.21. The number of hydrogen-bond acceptors (Lipinski definition) is 4. The fourth-order valence-electron chi connectivity index (χ4n) is 3.40. The summed E-state index contributed by atoms with van der Waals surface area (Å²) in [4.78, 5) is 18.1. The number of fused-ring (bicyclic) bond motifs is 1. The molecule has 0 amide bonds. The predicted octanol–water partition coefficient (Wildman–Crippen LogP) is 7.88. The van der Waals surface area contributed by atoms with Crippen LogP contribution in [-0.2, 0) is 12.0 Å². The van der Waals surface area contributed by atoms with Crippen molar-refractivity contribution in [3.63, 3.8) is 0 Å². The predicted molar refractivity (Wildman–Crippen MR) is 148 cm³/mol. The molecular weight excluding hydrogens is 573 g/mol. The van der Waals surface area contributed by atoms with Crippen molar-refractivity contribution >= 4 is 67.9 Å². The summed E-state index contributed by atoms with van der Waals surface area (Å²) in [5.41, 5.74) is 1.38. The number of nitrogens with zero attached hydrogens (tertiary/aromatic N) is 3. The SMILES string of the molecule is CC(C)(C)c1nc2ccc(Br)cc2c(=O)n1N=Cc1cc(Cl)ccc1OCc1ccc(Cl)c(Cl)c1. The van der Waals surface area contributed by atoms with Crippen LogP contribution in [0.25, 0.3) is 10.9 Å². The molecule has 1 heterocycles. The van der Waals surface area contributed by atoms with Gasteiger partial charge >= 0.3 is 0 Å². The summed E-state index contributed by atoms with van der Waals surface area (Å²) in [6, 6.07) is 15.9. The Morgan fingerprint density at radius 2 is 1.80 bits per heavy atom. The molecule has 0 aliphatic carbocycles. The Kier molecular flexibility index (Phi) is 7.57. The lowest BCUT2D eigenvalue weighted by atomic mass is 9.95. The molecule has 0 atom stereocenters. The molecule has 0 spiro atoms. The van der Waals surface area contributed by atoms with Gasteiger partial charge < -0.3 is 4.74 Å². The van der Waals surface area contributed by atoms with Crippen LogP contribution in [-0.4, -0.2) is 15.9 Å². The lowest BCUT2D eigenvalue weighted by Crippen LogP contribution is -2.29. The molecule has 4 rings (SSSR count). The summed E-state index contributed by atoms with van der Waals surface area (Å²) in [5.74, 6) is 1.08. The van der Waals surface area contributed by atoms with E-state index < -0.39 is 5.41 Å². The van der Waals surface area contributed by atoms with E-state index in [4.69, 9.17) is 44.5 Å². The molecule has 1 aromatic heterocycles. The Balaban J connectivity index is 1.75. The second-order valence-electron chi connectivity index (χ2n) is 8.93. The first-order valence-corrected chi connectivity index (χ1v) is 12.6. The van der Waals surface area contributed by atoms with E-state index in [1.807, 2.05) is 39.0 Å². The molecule has 0 saturated heterocycles. The molecule has 0 saturated carbocycles. The minimum absolute atomic E-state index is 0.262. The van der Waals surface area contributed by atoms with Gasteiger partial charge in [0.25, 0.3) is 5.56 Å². The van der Waals surface area contributed by atoms with Gasteiger partial charge in [-0.1, -0.05) is 77.6 Å². The number of benzene rings is 3. The fraction of sp³-hybridized carbons (Fsp3) is 0.192. The first-order chi connectivity index (χ1) is 16.5. The fourth-order valence-corrected chi connectivity index (χ4v) is 4.27. The Labute approximate surface area is 226 Å². The first-order valence-electron chi connectivity index (χ1n) is 10.7. The Hall–Kier alpha value is -2.38. The van der Waals surface area contributed by atoms with Crippen LogP contribution in [0.4, 0.5) is 0 Å². The van der Waals surface area contributed by atoms with Crippen LogP contribution in [0.3, 0.4) is 0 Å². The standard InChI is InChI=1S/C26H21BrCl3N3O2/c1-26(2,3)25-32-22-8-5-17(27)12-19(22)24(34)33(25)31-13-16-11-18(28)6-9-23(16)35-14-15-4-7-20(29)21(30)10-15/h4-13H,14H2,1-3H3. The molecule has 180 valence electrons. The maximum Gasteiger partial charge on any atom is 0.282 e. The van der Waals surface area contributed by atoms with Gasteiger partial charge in [0.2, 0.25) is 0 Å². The van der Waals surface area contributed by atoms with Crippen LogP contribution in [0.2, 0.25) is 15.1 Å². The summed E-state index contributed by atoms with van der Waals surface area (Å²) in [6.07, 6.45) is 1.55. The largest absolute Gasteiger partial charge is 0.488 e. The van der Waals surface area contributed by atoms with Gasteiger partial charge in [-0.25, -0.2) is 4.98 Å². The molecule has 5 nitrogen and oxygen atoms in total. The molecule has 0 bridgehead atoms. The third kappa shape index (κ3) is 5.89. The molecule has 0 radical (unpaired) electrons. The molecule has 0 aliphatic heterocycles. The van der Waals surface area contributed by atoms with E-state index in [1.54, 1.807) is 42.6 Å². The van der Waals surface area contributed by atoms with E-state index in [0.717, 1.165) is 10.0 Å². The lowest BCUT2D eigenvalue weighted by Gasteiger charge is -2.21. The molecule has 0 aliphatic rings. The average molecular weight is 594 g/mol. The topological polar surface area (TPSA) is 56.5 Å². The normalized spacial score (nSPS) is 12.0. The van der Waals surface area contributed by atoms with Crippen LogP contribution in [0.15, 0.2) is 69.0 Å². The zero-order chi connectivity index (χ0) is 25.3. The van der Waals surface area contributed by atoms with E-state index >= 15 is 0 Å². The monoisotopic (exact) mass is 591 g/mol. The Bertz CT molecular complexity index is 1510. The van der Waals surface area contributed by atoms with E-state index in [9.17, 15) is 4.79 Å². The molecular formula is C26H21BrCl3N3O2. The smallest absolute Gasteiger partial charge is 0.282 e. The Morgan fingerprint density at radius 3 is 2.51 bits per heavy atom. The highest BCUT2D eigenvalue weighted by Gasteiger charge is 2.23. The van der Waals surface area contributed by atoms with E-state index in [0.29, 0.717) is 43.1 Å². The lowest BCUT2D eigenvalue weighted by molar-refractivity contribution is 0.306. The summed E-state index contributed by atoms with van der Waals surface area (Å²) >= 11 is 21.8. The molecule has 4 aromatic rings. The van der Waals surface area contributed by atoms with Crippen molar-refractivity contribution in [2.45, 2.75) is 32.8 Å². The second-order valence-corrected chi connectivity index (χ2v) is 11.1. The number of rotatable bonds is 5. The third-order valence-corrected chi connectivity index (χ3v) is 6.61. The van der Waals surface area contributed by atoms with Gasteiger partial charge in [0, 0.05) is 20.5 Å². The highest BCUT2D eigenvalue weighted by atomic mass is 79.9. The van der Waals surface area contributed by atoms with Crippen molar-refractivity contribution in [3.8, 4) is 5.75 Å². The quantitative estimate of drug-likeness (QED) is 0.221. The van der Waals surface area contributed by atoms with E-state index in [-0.39, 0.29) is 12.2 Å². The van der Waals surface area contributed by atoms with Gasteiger partial charge in [0.05, 0.1) is 27.2 Å². The Morgan fingerprint density at radius 1 is 1.03 bits per heavy atom. The minimum Gasteiger partial charge on any atom is -0.488 e. The van der Waals surface area contributed by atoms with E-state index in [1.165, 1.54) is 4.68 Å². The summed E-state index contributed by atoms with van der Waals surface area (Å²) in [5, 5.41) is 6.44. The van der Waals surface area contributed by atoms with Crippen LogP contribution >= 0.6 is 50.7 Å². The number of halogens is 4. The molecule has 0 N–H and O–H groups in total. The van der Waals surface area contributed by atoms with Crippen molar-refractivity contribution in [3.05, 3.63) is 101 Å². The van der Waals surface area contributed by atoms with Crippen molar-refractivity contribution in [1.29, 1.82) is 0 Å². The average Bonchev–Trinajstić information content (AvgIpc) is 2.79. The van der Waals surface area contributed by atoms with E-state index in [2.05, 4.69) is 21.0 Å². The number of aromatic nitrogens is 2. The van der Waals surface area contributed by atoms with Gasteiger partial charge in [-0.2, -0.15) is 9.78 Å². The van der Waals surface area contributed by atoms with Crippen LogP contribution < -0.4 is 10.3 Å². The summed E-state index contributed by atoms with van der Waals surface area (Å²) < 4.78 is 8.13. The number of hydrogen-bond donors (Lipinski definition) is 0. The van der Waals surface area contributed by atoms with Crippen molar-refractivity contribution in [2.75, 3.05) is 0 Å². The second kappa shape index (κ2) is 10.3. The highest BCUT2D eigenvalue weighted by molar-refractivity contribution is 9.10. The van der Waals surface area contributed by atoms with Crippen molar-refractivity contribution < 1.29 is 4.74 Å². The van der Waals surface area contributed by atoms with Gasteiger partial charge in [0.1, 0.15) is 18.2 Å². The maximum atomic E-state index is 13.4. The van der Waals surface area contributed by atoms with Gasteiger partial charge in [0.15, 0.2) is 0 Å². The first kappa shape index (κ1) is 25.7. The van der Waals surface area contributed by atoms with Crippen LogP contribution in [0.5, 0.6) is 5.75 Å². The number of ether oxygens (including phenoxy) is 1. The maximum absolute atomic E-state index is 13.4. The van der Waals surface area contributed by atoms with Crippen molar-refractivity contribution in [2.24, 2.45) is 5.10 Å². The van der Waals surface area contributed by atoms with Crippen LogP contribution in [0, 0.1) is 0 Å². The molecule has 3 aromatic carbocycles. The van der Waals surface area contributed by atoms with Gasteiger partial charge in [-0.05, 0) is 54.1 Å². The summed E-state index contributed by atoms with van der Waals surface area (Å²) in [7, 11) is 0. The van der Waals surface area contributed by atoms with Gasteiger partial charge in [-0.3, -0.25) is 4.79 Å². The molecule has 9 heteroatoms.